The fourth-order valence-electron chi connectivity index (χ4n) is 2.01. The van der Waals surface area contributed by atoms with Crippen molar-refractivity contribution < 1.29 is 9.85 Å². The van der Waals surface area contributed by atoms with Crippen LogP contribution in [0.15, 0.2) is 36.4 Å². The van der Waals surface area contributed by atoms with Crippen LogP contribution in [0, 0.1) is 20.2 Å². The molecule has 7 nitrogen and oxygen atoms in total. The number of nitro groups is 2. The molecule has 0 spiro atoms. The summed E-state index contributed by atoms with van der Waals surface area (Å²) in [6.45, 7) is 0. The topological polar surface area (TPSA) is 98.3 Å². The summed E-state index contributed by atoms with van der Waals surface area (Å²) >= 11 is -0.114. The molecule has 100 valence electrons. The normalized spacial score (nSPS) is 12.0. The summed E-state index contributed by atoms with van der Waals surface area (Å²) in [6.07, 6.45) is 0. The Morgan fingerprint density at radius 2 is 1.70 bits per heavy atom. The van der Waals surface area contributed by atoms with E-state index in [-0.39, 0.29) is 20.6 Å². The first-order chi connectivity index (χ1) is 9.58. The number of rotatable bonds is 2. The summed E-state index contributed by atoms with van der Waals surface area (Å²) in [5.41, 5.74) is 0.0480. The van der Waals surface area contributed by atoms with Gasteiger partial charge in [0.05, 0.1) is 0 Å². The van der Waals surface area contributed by atoms with Gasteiger partial charge in [-0.15, -0.1) is 0 Å². The van der Waals surface area contributed by atoms with Crippen molar-refractivity contribution in [2.75, 3.05) is 5.32 Å². The summed E-state index contributed by atoms with van der Waals surface area (Å²) in [4.78, 5) is 20.7. The predicted octanol–water partition coefficient (Wildman–Crippen LogP) is 1.21. The number of fused-ring (bicyclic) bond motifs is 2. The molecule has 0 atom stereocenters. The van der Waals surface area contributed by atoms with Gasteiger partial charge >= 0.3 is 118 Å². The minimum absolute atomic E-state index is 0.114. The minimum atomic E-state index is -0.729. The van der Waals surface area contributed by atoms with Crippen LogP contribution in [-0.4, -0.2) is 24.8 Å². The zero-order valence-electron chi connectivity index (χ0n) is 9.90. The Bertz CT molecular complexity index is 747. The summed E-state index contributed by atoms with van der Waals surface area (Å²) in [5, 5.41) is 25.1. The molecule has 20 heavy (non-hydrogen) atoms. The molecule has 1 N–H and O–H groups in total. The number of nitrogens with zero attached hydrogens (tertiary/aromatic N) is 2. The van der Waals surface area contributed by atoms with Gasteiger partial charge in [0.2, 0.25) is 0 Å². The van der Waals surface area contributed by atoms with E-state index in [1.807, 2.05) is 24.3 Å². The van der Waals surface area contributed by atoms with Gasteiger partial charge in [0, 0.05) is 0 Å². The summed E-state index contributed by atoms with van der Waals surface area (Å²) in [7, 11) is 0. The Kier molecular flexibility index (Phi) is 2.89. The monoisotopic (exact) mass is 337 g/mol. The number of hydrogen-bond acceptors (Lipinski definition) is 5. The maximum absolute atomic E-state index is 11.2. The van der Waals surface area contributed by atoms with Crippen molar-refractivity contribution in [1.82, 2.24) is 0 Å². The molecule has 2 aromatic rings. The molecule has 1 aliphatic rings. The predicted molar refractivity (Wildman–Crippen MR) is 74.5 cm³/mol. The van der Waals surface area contributed by atoms with E-state index in [0.717, 1.165) is 14.6 Å². The van der Waals surface area contributed by atoms with Gasteiger partial charge in [0.15, 0.2) is 0 Å². The Morgan fingerprint density at radius 3 is 2.40 bits per heavy atom. The van der Waals surface area contributed by atoms with Gasteiger partial charge < -0.3 is 0 Å². The Labute approximate surface area is 119 Å². The zero-order valence-corrected chi connectivity index (χ0v) is 11.6. The molecule has 0 fully saturated rings. The molecule has 0 amide bonds. The van der Waals surface area contributed by atoms with Crippen molar-refractivity contribution in [3.8, 4) is 0 Å². The number of anilines is 2. The molecule has 0 radical (unpaired) electrons. The molecule has 0 aromatic heterocycles. The summed E-state index contributed by atoms with van der Waals surface area (Å²) < 4.78 is 1.81. The first-order valence-corrected chi connectivity index (χ1v) is 7.29. The van der Waals surface area contributed by atoms with E-state index < -0.39 is 21.2 Å². The molecule has 3 rings (SSSR count). The number of benzene rings is 2. The SMILES string of the molecule is O=[N+]([O-])c1ccc2c(c1[N+](=O)[O-])Nc1ccccc1[Se]2. The van der Waals surface area contributed by atoms with Crippen LogP contribution >= 0.6 is 0 Å². The quantitative estimate of drug-likeness (QED) is 0.431. The van der Waals surface area contributed by atoms with E-state index in [4.69, 9.17) is 0 Å². The van der Waals surface area contributed by atoms with Crippen molar-refractivity contribution in [2.45, 2.75) is 0 Å². The van der Waals surface area contributed by atoms with Gasteiger partial charge in [-0.25, -0.2) is 0 Å². The van der Waals surface area contributed by atoms with Crippen LogP contribution in [-0.2, 0) is 0 Å². The van der Waals surface area contributed by atoms with Gasteiger partial charge in [-0.2, -0.15) is 0 Å². The number of para-hydroxylation sites is 1. The van der Waals surface area contributed by atoms with E-state index in [9.17, 15) is 20.2 Å². The van der Waals surface area contributed by atoms with Gasteiger partial charge in [-0.05, 0) is 0 Å². The number of hydrogen-bond donors (Lipinski definition) is 1. The Balaban J connectivity index is 2.21. The average molecular weight is 336 g/mol. The molecule has 0 aliphatic carbocycles. The van der Waals surface area contributed by atoms with Crippen molar-refractivity contribution >= 4 is 46.6 Å². The first-order valence-electron chi connectivity index (χ1n) is 5.57. The molecule has 1 aliphatic heterocycles. The molecule has 2 aromatic carbocycles. The van der Waals surface area contributed by atoms with Crippen LogP contribution in [0.25, 0.3) is 0 Å². The van der Waals surface area contributed by atoms with E-state index >= 15 is 0 Å². The number of nitro benzene ring substituents is 2. The second-order valence-corrected chi connectivity index (χ2v) is 6.32. The van der Waals surface area contributed by atoms with Crippen LogP contribution in [0.1, 0.15) is 0 Å². The fourth-order valence-corrected chi connectivity index (χ4v) is 4.11. The van der Waals surface area contributed by atoms with Gasteiger partial charge in [0.1, 0.15) is 0 Å². The van der Waals surface area contributed by atoms with E-state index in [0.29, 0.717) is 0 Å². The fraction of sp³-hybridized carbons (Fsp3) is 0. The average Bonchev–Trinajstić information content (AvgIpc) is 2.43. The zero-order chi connectivity index (χ0) is 14.3. The van der Waals surface area contributed by atoms with E-state index in [1.54, 1.807) is 6.07 Å². The third-order valence-electron chi connectivity index (χ3n) is 2.86. The van der Waals surface area contributed by atoms with Crippen molar-refractivity contribution in [3.05, 3.63) is 56.6 Å². The molecule has 1 heterocycles. The maximum atomic E-state index is 11.2. The van der Waals surface area contributed by atoms with Crippen LogP contribution in [0.4, 0.5) is 22.7 Å². The third-order valence-corrected chi connectivity index (χ3v) is 5.25. The van der Waals surface area contributed by atoms with Crippen LogP contribution < -0.4 is 14.2 Å². The van der Waals surface area contributed by atoms with Crippen LogP contribution in [0.2, 0.25) is 0 Å². The molecule has 8 heteroatoms. The molecule has 0 saturated heterocycles. The van der Waals surface area contributed by atoms with Crippen LogP contribution in [0.3, 0.4) is 0 Å². The molecular formula is C12H7N3O4Se. The first kappa shape index (κ1) is 12.6. The molecule has 0 unspecified atom stereocenters. The summed E-state index contributed by atoms with van der Waals surface area (Å²) in [6, 6.07) is 10.3. The van der Waals surface area contributed by atoms with Crippen molar-refractivity contribution in [3.63, 3.8) is 0 Å². The van der Waals surface area contributed by atoms with E-state index in [2.05, 4.69) is 5.32 Å². The molecular weight excluding hydrogens is 329 g/mol. The van der Waals surface area contributed by atoms with Gasteiger partial charge in [-0.1, -0.05) is 0 Å². The van der Waals surface area contributed by atoms with E-state index in [1.165, 1.54) is 6.07 Å². The summed E-state index contributed by atoms with van der Waals surface area (Å²) in [5.74, 6) is 0. The molecule has 0 bridgehead atoms. The number of nitrogens with one attached hydrogen (secondary N) is 1. The van der Waals surface area contributed by atoms with Gasteiger partial charge in [-0.3, -0.25) is 0 Å². The third kappa shape index (κ3) is 1.91. The van der Waals surface area contributed by atoms with Crippen molar-refractivity contribution in [2.24, 2.45) is 0 Å². The Hall–Kier alpha value is -2.44. The second kappa shape index (κ2) is 4.59. The standard InChI is InChI=1S/C12H7N3O4Se/c16-14(17)8-5-6-10-11(12(8)15(18)19)13-7-3-1-2-4-9(7)20-10/h1-6,13H. The molecule has 0 saturated carbocycles. The Morgan fingerprint density at radius 1 is 0.950 bits per heavy atom. The van der Waals surface area contributed by atoms with Crippen molar-refractivity contribution in [1.29, 1.82) is 0 Å². The second-order valence-electron chi connectivity index (χ2n) is 4.04. The van der Waals surface area contributed by atoms with Crippen LogP contribution in [0.5, 0.6) is 0 Å². The van der Waals surface area contributed by atoms with Gasteiger partial charge in [0.25, 0.3) is 0 Å².